The van der Waals surface area contributed by atoms with Crippen LogP contribution in [0.2, 0.25) is 0 Å². The molecule has 2 fully saturated rings. The van der Waals surface area contributed by atoms with Gasteiger partial charge < -0.3 is 5.32 Å². The number of sulfonamides is 1. The SMILES string of the molecule is Cc1[nH]ncc1S(=O)(=O)N1CCC2CCC(C1)N2.Cl. The fourth-order valence-corrected chi connectivity index (χ4v) is 4.49. The van der Waals surface area contributed by atoms with Gasteiger partial charge in [0, 0.05) is 25.2 Å². The van der Waals surface area contributed by atoms with E-state index in [1.807, 2.05) is 0 Å². The molecule has 8 heteroatoms. The Morgan fingerprint density at radius 3 is 2.74 bits per heavy atom. The van der Waals surface area contributed by atoms with Crippen molar-refractivity contribution in [3.05, 3.63) is 11.9 Å². The van der Waals surface area contributed by atoms with Gasteiger partial charge in [0.05, 0.1) is 11.9 Å². The molecule has 19 heavy (non-hydrogen) atoms. The molecule has 2 aliphatic heterocycles. The second-order valence-electron chi connectivity index (χ2n) is 5.15. The summed E-state index contributed by atoms with van der Waals surface area (Å²) in [5, 5.41) is 9.98. The number of H-pyrrole nitrogens is 1. The smallest absolute Gasteiger partial charge is 0.246 e. The maximum Gasteiger partial charge on any atom is 0.246 e. The minimum absolute atomic E-state index is 0. The maximum atomic E-state index is 12.5. The summed E-state index contributed by atoms with van der Waals surface area (Å²) in [6, 6.07) is 0.792. The highest BCUT2D eigenvalue weighted by atomic mass is 35.5. The molecule has 0 radical (unpaired) electrons. The van der Waals surface area contributed by atoms with Crippen molar-refractivity contribution in [1.29, 1.82) is 0 Å². The fraction of sp³-hybridized carbons (Fsp3) is 0.727. The van der Waals surface area contributed by atoms with Crippen LogP contribution in [0.1, 0.15) is 25.0 Å². The van der Waals surface area contributed by atoms with Crippen LogP contribution in [0.15, 0.2) is 11.1 Å². The summed E-state index contributed by atoms with van der Waals surface area (Å²) in [4.78, 5) is 0.306. The molecule has 1 aromatic heterocycles. The quantitative estimate of drug-likeness (QED) is 0.841. The Bertz CT molecular complexity index is 545. The number of aromatic nitrogens is 2. The summed E-state index contributed by atoms with van der Waals surface area (Å²) < 4.78 is 26.7. The normalized spacial score (nSPS) is 27.8. The highest BCUT2D eigenvalue weighted by molar-refractivity contribution is 7.89. The molecule has 6 nitrogen and oxygen atoms in total. The van der Waals surface area contributed by atoms with Crippen molar-refractivity contribution < 1.29 is 8.42 Å². The zero-order chi connectivity index (χ0) is 12.8. The number of hydrogen-bond donors (Lipinski definition) is 2. The Kier molecular flexibility index (Phi) is 4.20. The predicted molar refractivity (Wildman–Crippen MR) is 73.9 cm³/mol. The number of aryl methyl sites for hydroxylation is 1. The van der Waals surface area contributed by atoms with E-state index in [0.717, 1.165) is 12.8 Å². The zero-order valence-corrected chi connectivity index (χ0v) is 12.4. The lowest BCUT2D eigenvalue weighted by Gasteiger charge is -2.23. The predicted octanol–water partition coefficient (Wildman–Crippen LogP) is 0.655. The van der Waals surface area contributed by atoms with Crippen LogP contribution in [0.5, 0.6) is 0 Å². The topological polar surface area (TPSA) is 78.1 Å². The molecule has 2 N–H and O–H groups in total. The van der Waals surface area contributed by atoms with E-state index in [0.29, 0.717) is 35.8 Å². The Balaban J connectivity index is 0.00000133. The molecule has 108 valence electrons. The second-order valence-corrected chi connectivity index (χ2v) is 7.06. The number of aromatic amines is 1. The van der Waals surface area contributed by atoms with Gasteiger partial charge in [0.15, 0.2) is 0 Å². The third-order valence-electron chi connectivity index (χ3n) is 3.89. The van der Waals surface area contributed by atoms with Gasteiger partial charge in [-0.2, -0.15) is 9.40 Å². The van der Waals surface area contributed by atoms with E-state index < -0.39 is 10.0 Å². The van der Waals surface area contributed by atoms with Crippen molar-refractivity contribution in [2.24, 2.45) is 0 Å². The Hall–Kier alpha value is -0.630. The van der Waals surface area contributed by atoms with Gasteiger partial charge in [-0.05, 0) is 26.2 Å². The lowest BCUT2D eigenvalue weighted by Crippen LogP contribution is -2.39. The first-order valence-electron chi connectivity index (χ1n) is 6.33. The summed E-state index contributed by atoms with van der Waals surface area (Å²) in [6.07, 6.45) is 4.54. The van der Waals surface area contributed by atoms with E-state index in [9.17, 15) is 8.42 Å². The minimum atomic E-state index is -3.40. The molecule has 0 aromatic carbocycles. The number of nitrogens with one attached hydrogen (secondary N) is 2. The van der Waals surface area contributed by atoms with Gasteiger partial charge in [0.25, 0.3) is 0 Å². The van der Waals surface area contributed by atoms with Crippen LogP contribution >= 0.6 is 12.4 Å². The van der Waals surface area contributed by atoms with E-state index in [1.54, 1.807) is 11.2 Å². The minimum Gasteiger partial charge on any atom is -0.310 e. The zero-order valence-electron chi connectivity index (χ0n) is 10.8. The van der Waals surface area contributed by atoms with Crippen LogP contribution in [0, 0.1) is 6.92 Å². The van der Waals surface area contributed by atoms with Crippen molar-refractivity contribution >= 4 is 22.4 Å². The number of hydrogen-bond acceptors (Lipinski definition) is 4. The van der Waals surface area contributed by atoms with Crippen molar-refractivity contribution in [3.63, 3.8) is 0 Å². The van der Waals surface area contributed by atoms with E-state index in [-0.39, 0.29) is 12.4 Å². The average Bonchev–Trinajstić information content (AvgIpc) is 2.84. The van der Waals surface area contributed by atoms with Crippen molar-refractivity contribution in [2.75, 3.05) is 13.1 Å². The number of nitrogens with zero attached hydrogens (tertiary/aromatic N) is 2. The molecule has 3 heterocycles. The summed E-state index contributed by atoms with van der Waals surface area (Å²) in [5.41, 5.74) is 0.609. The molecule has 2 aliphatic rings. The molecular weight excluding hydrogens is 288 g/mol. The van der Waals surface area contributed by atoms with Crippen LogP contribution in [0.4, 0.5) is 0 Å². The third-order valence-corrected chi connectivity index (χ3v) is 5.87. The molecule has 2 bridgehead atoms. The highest BCUT2D eigenvalue weighted by Crippen LogP contribution is 2.25. The number of fused-ring (bicyclic) bond motifs is 2. The monoisotopic (exact) mass is 306 g/mol. The first-order valence-corrected chi connectivity index (χ1v) is 7.77. The fourth-order valence-electron chi connectivity index (χ4n) is 2.87. The lowest BCUT2D eigenvalue weighted by atomic mass is 10.1. The van der Waals surface area contributed by atoms with Crippen LogP contribution in [-0.4, -0.2) is 48.1 Å². The second kappa shape index (κ2) is 5.40. The summed E-state index contributed by atoms with van der Waals surface area (Å²) in [6.45, 7) is 2.91. The van der Waals surface area contributed by atoms with E-state index in [4.69, 9.17) is 0 Å². The Morgan fingerprint density at radius 1 is 1.32 bits per heavy atom. The lowest BCUT2D eigenvalue weighted by molar-refractivity contribution is 0.383. The first kappa shape index (κ1) is 14.8. The molecule has 3 rings (SSSR count). The van der Waals surface area contributed by atoms with Gasteiger partial charge in [0.1, 0.15) is 4.90 Å². The van der Waals surface area contributed by atoms with Gasteiger partial charge in [-0.3, -0.25) is 5.10 Å². The molecule has 1 aromatic rings. The third kappa shape index (κ3) is 2.65. The van der Waals surface area contributed by atoms with Gasteiger partial charge in [-0.1, -0.05) is 0 Å². The average molecular weight is 307 g/mol. The number of rotatable bonds is 2. The van der Waals surface area contributed by atoms with E-state index in [2.05, 4.69) is 15.5 Å². The van der Waals surface area contributed by atoms with Gasteiger partial charge >= 0.3 is 0 Å². The van der Waals surface area contributed by atoms with E-state index in [1.165, 1.54) is 12.6 Å². The van der Waals surface area contributed by atoms with Crippen molar-refractivity contribution in [3.8, 4) is 0 Å². The molecule has 2 unspecified atom stereocenters. The van der Waals surface area contributed by atoms with Gasteiger partial charge in [-0.15, -0.1) is 12.4 Å². The molecule has 0 saturated carbocycles. The largest absolute Gasteiger partial charge is 0.310 e. The molecule has 0 amide bonds. The molecule has 0 aliphatic carbocycles. The highest BCUT2D eigenvalue weighted by Gasteiger charge is 2.35. The van der Waals surface area contributed by atoms with Crippen LogP contribution in [-0.2, 0) is 10.0 Å². The molecule has 2 atom stereocenters. The summed E-state index contributed by atoms with van der Waals surface area (Å²) >= 11 is 0. The molecular formula is C11H19ClN4O2S. The maximum absolute atomic E-state index is 12.5. The van der Waals surface area contributed by atoms with Gasteiger partial charge in [-0.25, -0.2) is 8.42 Å². The summed E-state index contributed by atoms with van der Waals surface area (Å²) in [7, 11) is -3.40. The van der Waals surface area contributed by atoms with Crippen LogP contribution in [0.25, 0.3) is 0 Å². The van der Waals surface area contributed by atoms with Crippen molar-refractivity contribution in [1.82, 2.24) is 19.8 Å². The van der Waals surface area contributed by atoms with Crippen LogP contribution < -0.4 is 5.32 Å². The number of halogens is 1. The molecule has 0 spiro atoms. The molecule has 2 saturated heterocycles. The van der Waals surface area contributed by atoms with E-state index >= 15 is 0 Å². The Labute approximate surface area is 119 Å². The Morgan fingerprint density at radius 2 is 2.05 bits per heavy atom. The van der Waals surface area contributed by atoms with Crippen molar-refractivity contribution in [2.45, 2.75) is 43.2 Å². The van der Waals surface area contributed by atoms with Gasteiger partial charge in [0.2, 0.25) is 10.0 Å². The van der Waals surface area contributed by atoms with Crippen LogP contribution in [0.3, 0.4) is 0 Å². The standard InChI is InChI=1S/C11H18N4O2S.ClH/c1-8-11(6-12-14-8)18(16,17)15-5-4-9-2-3-10(7-15)13-9;/h6,9-10,13H,2-5,7H2,1H3,(H,12,14);1H. The summed E-state index contributed by atoms with van der Waals surface area (Å²) in [5.74, 6) is 0. The first-order chi connectivity index (χ1) is 8.57.